The number of hydrogen-bond donors (Lipinski definition) is 1. The van der Waals surface area contributed by atoms with Gasteiger partial charge in [-0.15, -0.1) is 0 Å². The molecule has 0 spiro atoms. The summed E-state index contributed by atoms with van der Waals surface area (Å²) in [5, 5.41) is 0. The van der Waals surface area contributed by atoms with E-state index in [1.54, 1.807) is 25.3 Å². The lowest BCUT2D eigenvalue weighted by atomic mass is 10.1. The van der Waals surface area contributed by atoms with Crippen LogP contribution in [0.15, 0.2) is 18.2 Å². The Morgan fingerprint density at radius 2 is 2.22 bits per heavy atom. The first-order valence-corrected chi connectivity index (χ1v) is 5.90. The largest absolute Gasteiger partial charge is 0.493 e. The van der Waals surface area contributed by atoms with Crippen LogP contribution in [0.3, 0.4) is 0 Å². The monoisotopic (exact) mass is 251 g/mol. The Balaban J connectivity index is 2.13. The highest BCUT2D eigenvalue weighted by molar-refractivity contribution is 5.96. The predicted octanol–water partition coefficient (Wildman–Crippen LogP) is 1.00. The second kappa shape index (κ2) is 5.84. The van der Waals surface area contributed by atoms with E-state index in [2.05, 4.69) is 0 Å². The van der Waals surface area contributed by atoms with Gasteiger partial charge in [0.05, 0.1) is 20.3 Å². The quantitative estimate of drug-likeness (QED) is 0.764. The smallest absolute Gasteiger partial charge is 0.164 e. The number of methoxy groups -OCH3 is 1. The van der Waals surface area contributed by atoms with Gasteiger partial charge in [-0.1, -0.05) is 0 Å². The van der Waals surface area contributed by atoms with Gasteiger partial charge in [0.1, 0.15) is 6.10 Å². The molecule has 0 bridgehead atoms. The van der Waals surface area contributed by atoms with Crippen LogP contribution in [0.2, 0.25) is 0 Å². The standard InChI is InChI=1S/C13H17NO4/c1-16-13-6-9(11(15)4-5-14)2-3-12(13)18-10-7-17-8-10/h2-3,6,10H,4-5,7-8,14H2,1H3. The third-order valence-electron chi connectivity index (χ3n) is 2.76. The second-order valence-electron chi connectivity index (χ2n) is 4.10. The summed E-state index contributed by atoms with van der Waals surface area (Å²) in [5.74, 6) is 1.20. The topological polar surface area (TPSA) is 70.8 Å². The summed E-state index contributed by atoms with van der Waals surface area (Å²) >= 11 is 0. The fraction of sp³-hybridized carbons (Fsp3) is 0.462. The molecule has 1 fully saturated rings. The lowest BCUT2D eigenvalue weighted by Crippen LogP contribution is -2.38. The van der Waals surface area contributed by atoms with E-state index in [0.717, 1.165) is 0 Å². The summed E-state index contributed by atoms with van der Waals surface area (Å²) < 4.78 is 16.0. The van der Waals surface area contributed by atoms with Crippen molar-refractivity contribution in [1.82, 2.24) is 0 Å². The van der Waals surface area contributed by atoms with Gasteiger partial charge in [0.25, 0.3) is 0 Å². The molecule has 98 valence electrons. The maximum atomic E-state index is 11.7. The number of carbonyl (C=O) groups is 1. The molecule has 0 radical (unpaired) electrons. The molecule has 2 rings (SSSR count). The molecule has 1 aromatic carbocycles. The zero-order valence-electron chi connectivity index (χ0n) is 10.3. The number of ether oxygens (including phenoxy) is 3. The summed E-state index contributed by atoms with van der Waals surface area (Å²) in [4.78, 5) is 11.7. The predicted molar refractivity (Wildman–Crippen MR) is 66.2 cm³/mol. The van der Waals surface area contributed by atoms with E-state index in [9.17, 15) is 4.79 Å². The van der Waals surface area contributed by atoms with E-state index in [0.29, 0.717) is 43.2 Å². The summed E-state index contributed by atoms with van der Waals surface area (Å²) in [6.45, 7) is 1.53. The van der Waals surface area contributed by atoms with E-state index in [1.807, 2.05) is 0 Å². The summed E-state index contributed by atoms with van der Waals surface area (Å²) in [5.41, 5.74) is 5.96. The molecule has 1 aliphatic rings. The van der Waals surface area contributed by atoms with E-state index >= 15 is 0 Å². The SMILES string of the molecule is COc1cc(C(=O)CCN)ccc1OC1COC1. The molecule has 2 N–H and O–H groups in total. The Kier molecular flexibility index (Phi) is 4.17. The lowest BCUT2D eigenvalue weighted by Gasteiger charge is -2.27. The molecule has 1 aromatic rings. The van der Waals surface area contributed by atoms with Gasteiger partial charge >= 0.3 is 0 Å². The van der Waals surface area contributed by atoms with Gasteiger partial charge in [-0.05, 0) is 24.7 Å². The van der Waals surface area contributed by atoms with Crippen molar-refractivity contribution in [2.45, 2.75) is 12.5 Å². The number of carbonyl (C=O) groups excluding carboxylic acids is 1. The van der Waals surface area contributed by atoms with Crippen molar-refractivity contribution in [1.29, 1.82) is 0 Å². The van der Waals surface area contributed by atoms with Gasteiger partial charge in [0.2, 0.25) is 0 Å². The molecule has 0 aliphatic carbocycles. The van der Waals surface area contributed by atoms with Crippen molar-refractivity contribution in [3.8, 4) is 11.5 Å². The number of benzene rings is 1. The molecule has 0 unspecified atom stereocenters. The molecule has 0 saturated carbocycles. The van der Waals surface area contributed by atoms with Gasteiger partial charge in [-0.2, -0.15) is 0 Å². The maximum absolute atomic E-state index is 11.7. The van der Waals surface area contributed by atoms with Crippen molar-refractivity contribution >= 4 is 5.78 Å². The molecule has 5 nitrogen and oxygen atoms in total. The molecule has 0 atom stereocenters. The maximum Gasteiger partial charge on any atom is 0.164 e. The van der Waals surface area contributed by atoms with Gasteiger partial charge in [0.15, 0.2) is 17.3 Å². The van der Waals surface area contributed by atoms with Crippen LogP contribution in [0, 0.1) is 0 Å². The lowest BCUT2D eigenvalue weighted by molar-refractivity contribution is -0.0803. The minimum Gasteiger partial charge on any atom is -0.493 e. The zero-order chi connectivity index (χ0) is 13.0. The molecular formula is C13H17NO4. The number of Topliss-reactive ketones (excluding diaryl/α,β-unsaturated/α-hetero) is 1. The van der Waals surface area contributed by atoms with Crippen molar-refractivity contribution in [2.24, 2.45) is 5.73 Å². The number of nitrogens with two attached hydrogens (primary N) is 1. The third-order valence-corrected chi connectivity index (χ3v) is 2.76. The van der Waals surface area contributed by atoms with Crippen molar-refractivity contribution in [3.05, 3.63) is 23.8 Å². The molecular weight excluding hydrogens is 234 g/mol. The van der Waals surface area contributed by atoms with E-state index in [-0.39, 0.29) is 11.9 Å². The van der Waals surface area contributed by atoms with Crippen LogP contribution in [0.5, 0.6) is 11.5 Å². The molecule has 1 aliphatic heterocycles. The minimum absolute atomic E-state index is 0.00864. The molecule has 18 heavy (non-hydrogen) atoms. The molecule has 5 heteroatoms. The van der Waals surface area contributed by atoms with Crippen molar-refractivity contribution < 1.29 is 19.0 Å². The first-order chi connectivity index (χ1) is 8.74. The van der Waals surface area contributed by atoms with Gasteiger partial charge in [-0.3, -0.25) is 4.79 Å². The molecule has 0 amide bonds. The van der Waals surface area contributed by atoms with Gasteiger partial charge in [-0.25, -0.2) is 0 Å². The second-order valence-corrected chi connectivity index (χ2v) is 4.10. The van der Waals surface area contributed by atoms with Crippen LogP contribution in [-0.2, 0) is 4.74 Å². The van der Waals surface area contributed by atoms with Crippen LogP contribution < -0.4 is 15.2 Å². The fourth-order valence-corrected chi connectivity index (χ4v) is 1.68. The zero-order valence-corrected chi connectivity index (χ0v) is 10.3. The molecule has 1 saturated heterocycles. The van der Waals surface area contributed by atoms with E-state index in [4.69, 9.17) is 19.9 Å². The van der Waals surface area contributed by atoms with Crippen molar-refractivity contribution in [3.63, 3.8) is 0 Å². The Morgan fingerprint density at radius 1 is 1.44 bits per heavy atom. The Morgan fingerprint density at radius 3 is 2.78 bits per heavy atom. The van der Waals surface area contributed by atoms with E-state index in [1.165, 1.54) is 0 Å². The Bertz CT molecular complexity index is 429. The fourth-order valence-electron chi connectivity index (χ4n) is 1.68. The molecule has 0 aromatic heterocycles. The number of hydrogen-bond acceptors (Lipinski definition) is 5. The minimum atomic E-state index is 0.00864. The highest BCUT2D eigenvalue weighted by Gasteiger charge is 2.22. The van der Waals surface area contributed by atoms with Crippen LogP contribution in [0.25, 0.3) is 0 Å². The Hall–Kier alpha value is -1.59. The summed E-state index contributed by atoms with van der Waals surface area (Å²) in [6.07, 6.45) is 0.407. The van der Waals surface area contributed by atoms with Crippen LogP contribution in [-0.4, -0.2) is 38.8 Å². The van der Waals surface area contributed by atoms with Gasteiger partial charge < -0.3 is 19.9 Å². The number of ketones is 1. The first kappa shape index (κ1) is 12.9. The molecule has 1 heterocycles. The van der Waals surface area contributed by atoms with Crippen LogP contribution >= 0.6 is 0 Å². The third kappa shape index (κ3) is 2.80. The average Bonchev–Trinajstić information content (AvgIpc) is 2.34. The van der Waals surface area contributed by atoms with Crippen molar-refractivity contribution in [2.75, 3.05) is 26.9 Å². The van der Waals surface area contributed by atoms with E-state index < -0.39 is 0 Å². The highest BCUT2D eigenvalue weighted by atomic mass is 16.6. The normalized spacial score (nSPS) is 15.0. The van der Waals surface area contributed by atoms with Crippen LogP contribution in [0.1, 0.15) is 16.8 Å². The first-order valence-electron chi connectivity index (χ1n) is 5.90. The van der Waals surface area contributed by atoms with Crippen LogP contribution in [0.4, 0.5) is 0 Å². The van der Waals surface area contributed by atoms with Gasteiger partial charge in [0, 0.05) is 12.0 Å². The Labute approximate surface area is 106 Å². The highest BCUT2D eigenvalue weighted by Crippen LogP contribution is 2.30. The number of rotatable bonds is 6. The average molecular weight is 251 g/mol. The summed E-state index contributed by atoms with van der Waals surface area (Å²) in [6, 6.07) is 5.17. The summed E-state index contributed by atoms with van der Waals surface area (Å²) in [7, 11) is 1.55.